The maximum absolute atomic E-state index is 11.0. The molecule has 0 fully saturated rings. The summed E-state index contributed by atoms with van der Waals surface area (Å²) in [4.78, 5) is 11.0. The summed E-state index contributed by atoms with van der Waals surface area (Å²) < 4.78 is 4.45. The number of ether oxygens (including phenoxy) is 1. The van der Waals surface area contributed by atoms with E-state index in [2.05, 4.69) is 10.1 Å². The number of aliphatic hydroxyl groups excluding tert-OH is 1. The van der Waals surface area contributed by atoms with E-state index in [1.54, 1.807) is 0 Å². The van der Waals surface area contributed by atoms with Gasteiger partial charge in [-0.3, -0.25) is 0 Å². The topological polar surface area (TPSA) is 87.8 Å². The number of carbonyl (C=O) groups is 1. The first-order valence-corrected chi connectivity index (χ1v) is 5.20. The van der Waals surface area contributed by atoms with E-state index >= 15 is 0 Å². The Labute approximate surface area is 99.9 Å². The second-order valence-corrected chi connectivity index (χ2v) is 3.50. The van der Waals surface area contributed by atoms with Gasteiger partial charge < -0.3 is 20.2 Å². The molecule has 0 heterocycles. The van der Waals surface area contributed by atoms with Gasteiger partial charge in [-0.2, -0.15) is 0 Å². The van der Waals surface area contributed by atoms with E-state index in [9.17, 15) is 4.79 Å². The number of nitrogens with two attached hydrogens (primary N) is 1. The highest BCUT2D eigenvalue weighted by molar-refractivity contribution is 5.67. The molecule has 0 aliphatic rings. The first kappa shape index (κ1) is 13.3. The van der Waals surface area contributed by atoms with Crippen LogP contribution in [0.15, 0.2) is 30.3 Å². The van der Waals surface area contributed by atoms with Crippen molar-refractivity contribution in [2.45, 2.75) is 6.04 Å². The fourth-order valence-electron chi connectivity index (χ4n) is 1.34. The van der Waals surface area contributed by atoms with Crippen LogP contribution in [0.5, 0.6) is 0 Å². The van der Waals surface area contributed by atoms with E-state index in [1.165, 1.54) is 12.1 Å². The molecule has 17 heavy (non-hydrogen) atoms. The van der Waals surface area contributed by atoms with Crippen molar-refractivity contribution in [3.05, 3.63) is 30.3 Å². The molecule has 6 nitrogen and oxygen atoms in total. The highest BCUT2D eigenvalue weighted by atomic mass is 16.5. The van der Waals surface area contributed by atoms with Gasteiger partial charge in [0.05, 0.1) is 32.0 Å². The maximum atomic E-state index is 11.0. The lowest BCUT2D eigenvalue weighted by atomic mass is 10.2. The van der Waals surface area contributed by atoms with Gasteiger partial charge in [0.25, 0.3) is 0 Å². The number of amides is 1. The van der Waals surface area contributed by atoms with Gasteiger partial charge >= 0.3 is 6.09 Å². The molecule has 0 radical (unpaired) electrons. The van der Waals surface area contributed by atoms with Crippen LogP contribution in [-0.2, 0) is 4.74 Å². The Hall–Kier alpha value is -1.79. The largest absolute Gasteiger partial charge is 0.453 e. The van der Waals surface area contributed by atoms with Gasteiger partial charge in [-0.05, 0) is 12.1 Å². The van der Waals surface area contributed by atoms with E-state index in [0.29, 0.717) is 0 Å². The third-order valence-electron chi connectivity index (χ3n) is 2.23. The molecule has 1 unspecified atom stereocenters. The van der Waals surface area contributed by atoms with Crippen molar-refractivity contribution in [2.75, 3.05) is 25.3 Å². The summed E-state index contributed by atoms with van der Waals surface area (Å²) in [6.45, 7) is 0.0746. The predicted molar refractivity (Wildman–Crippen MR) is 64.4 cm³/mol. The summed E-state index contributed by atoms with van der Waals surface area (Å²) in [6.07, 6.45) is -0.592. The third kappa shape index (κ3) is 4.29. The fourth-order valence-corrected chi connectivity index (χ4v) is 1.34. The molecule has 0 saturated heterocycles. The molecule has 1 atom stereocenters. The van der Waals surface area contributed by atoms with Gasteiger partial charge in [-0.25, -0.2) is 10.6 Å². The highest BCUT2D eigenvalue weighted by Gasteiger charge is 2.14. The summed E-state index contributed by atoms with van der Waals surface area (Å²) in [6, 6.07) is 8.80. The summed E-state index contributed by atoms with van der Waals surface area (Å²) in [5, 5.41) is 13.1. The fraction of sp³-hybridized carbons (Fsp3) is 0.364. The lowest BCUT2D eigenvalue weighted by Gasteiger charge is -2.24. The molecule has 0 spiro atoms. The number of aliphatic hydroxyl groups is 1. The Morgan fingerprint density at radius 2 is 2.18 bits per heavy atom. The molecule has 0 aliphatic heterocycles. The Balaban J connectivity index is 2.53. The van der Waals surface area contributed by atoms with Crippen molar-refractivity contribution in [2.24, 2.45) is 5.84 Å². The molecule has 94 valence electrons. The second kappa shape index (κ2) is 6.72. The van der Waals surface area contributed by atoms with E-state index in [0.717, 1.165) is 5.69 Å². The predicted octanol–water partition coefficient (Wildman–Crippen LogP) is 0.0836. The quantitative estimate of drug-likeness (QED) is 0.500. The van der Waals surface area contributed by atoms with E-state index in [4.69, 9.17) is 10.9 Å². The van der Waals surface area contributed by atoms with Crippen molar-refractivity contribution < 1.29 is 14.6 Å². The first-order valence-electron chi connectivity index (χ1n) is 5.20. The smallest absolute Gasteiger partial charge is 0.407 e. The maximum Gasteiger partial charge on any atom is 0.407 e. The molecule has 1 aromatic rings. The first-order chi connectivity index (χ1) is 8.17. The minimum atomic E-state index is -0.592. The zero-order valence-corrected chi connectivity index (χ0v) is 9.67. The van der Waals surface area contributed by atoms with Gasteiger partial charge in [-0.15, -0.1) is 0 Å². The van der Waals surface area contributed by atoms with Crippen molar-refractivity contribution in [1.29, 1.82) is 0 Å². The highest BCUT2D eigenvalue weighted by Crippen LogP contribution is 2.09. The van der Waals surface area contributed by atoms with Gasteiger partial charge in [-0.1, -0.05) is 18.2 Å². The summed E-state index contributed by atoms with van der Waals surface area (Å²) in [5.74, 6) is 5.82. The van der Waals surface area contributed by atoms with Crippen LogP contribution in [0.1, 0.15) is 0 Å². The molecule has 0 aliphatic carbocycles. The molecule has 1 aromatic carbocycles. The van der Waals surface area contributed by atoms with Crippen molar-refractivity contribution in [3.8, 4) is 0 Å². The van der Waals surface area contributed by atoms with Crippen LogP contribution in [-0.4, -0.2) is 37.5 Å². The van der Waals surface area contributed by atoms with Crippen LogP contribution in [0, 0.1) is 0 Å². The number of methoxy groups -OCH3 is 1. The van der Waals surface area contributed by atoms with E-state index in [1.807, 2.05) is 30.3 Å². The average molecular weight is 239 g/mol. The average Bonchev–Trinajstić information content (AvgIpc) is 2.38. The normalized spacial score (nSPS) is 11.7. The SMILES string of the molecule is COC(=O)NC(CO)CN(N)c1ccccc1. The molecular weight excluding hydrogens is 222 g/mol. The molecule has 6 heteroatoms. The monoisotopic (exact) mass is 239 g/mol. The van der Waals surface area contributed by atoms with Crippen molar-refractivity contribution >= 4 is 11.8 Å². The molecular formula is C11H17N3O3. The van der Waals surface area contributed by atoms with Gasteiger partial charge in [0.2, 0.25) is 0 Å². The zero-order valence-electron chi connectivity index (χ0n) is 9.67. The van der Waals surface area contributed by atoms with Crippen LogP contribution in [0.2, 0.25) is 0 Å². The molecule has 0 bridgehead atoms. The molecule has 0 aromatic heterocycles. The van der Waals surface area contributed by atoms with Crippen LogP contribution in [0.4, 0.5) is 10.5 Å². The van der Waals surface area contributed by atoms with Crippen molar-refractivity contribution in [3.63, 3.8) is 0 Å². The van der Waals surface area contributed by atoms with Crippen LogP contribution < -0.4 is 16.2 Å². The van der Waals surface area contributed by atoms with Crippen LogP contribution in [0.3, 0.4) is 0 Å². The summed E-state index contributed by atoms with van der Waals surface area (Å²) in [5.41, 5.74) is 0.803. The summed E-state index contributed by atoms with van der Waals surface area (Å²) >= 11 is 0. The molecule has 1 amide bonds. The number of nitrogens with zero attached hydrogens (tertiary/aromatic N) is 1. The number of hydrazine groups is 1. The number of benzene rings is 1. The Morgan fingerprint density at radius 1 is 1.53 bits per heavy atom. The van der Waals surface area contributed by atoms with Gasteiger partial charge in [0, 0.05) is 0 Å². The van der Waals surface area contributed by atoms with Crippen molar-refractivity contribution in [1.82, 2.24) is 5.32 Å². The number of rotatable bonds is 5. The Kier molecular flexibility index (Phi) is 5.25. The van der Waals surface area contributed by atoms with E-state index in [-0.39, 0.29) is 13.2 Å². The summed E-state index contributed by atoms with van der Waals surface area (Å²) in [7, 11) is 1.27. The number of para-hydroxylation sites is 1. The third-order valence-corrected chi connectivity index (χ3v) is 2.23. The lowest BCUT2D eigenvalue weighted by molar-refractivity contribution is 0.157. The van der Waals surface area contributed by atoms with Crippen LogP contribution >= 0.6 is 0 Å². The number of nitrogens with one attached hydrogen (secondary N) is 1. The number of hydrogen-bond donors (Lipinski definition) is 3. The Bertz CT molecular complexity index is 345. The van der Waals surface area contributed by atoms with Gasteiger partial charge in [0.15, 0.2) is 0 Å². The zero-order chi connectivity index (χ0) is 12.7. The number of hydrogen-bond acceptors (Lipinski definition) is 5. The molecule has 0 saturated carbocycles. The minimum Gasteiger partial charge on any atom is -0.453 e. The molecule has 4 N–H and O–H groups in total. The minimum absolute atomic E-state index is 0.213. The molecule has 1 rings (SSSR count). The van der Waals surface area contributed by atoms with E-state index < -0.39 is 12.1 Å². The van der Waals surface area contributed by atoms with Crippen LogP contribution in [0.25, 0.3) is 0 Å². The number of anilines is 1. The second-order valence-electron chi connectivity index (χ2n) is 3.50. The number of alkyl carbamates (subject to hydrolysis) is 1. The Morgan fingerprint density at radius 3 is 2.71 bits per heavy atom. The standard InChI is InChI=1S/C11H17N3O3/c1-17-11(16)13-9(8-15)7-14(12)10-5-3-2-4-6-10/h2-6,9,15H,7-8,12H2,1H3,(H,13,16). The number of carbonyl (C=O) groups excluding carboxylic acids is 1. The lowest BCUT2D eigenvalue weighted by Crippen LogP contribution is -2.48. The van der Waals surface area contributed by atoms with Gasteiger partial charge in [0.1, 0.15) is 0 Å².